The van der Waals surface area contributed by atoms with Gasteiger partial charge in [-0.05, 0) is 78.1 Å². The highest BCUT2D eigenvalue weighted by Gasteiger charge is 2.14. The number of aliphatic hydroxyl groups excluding tert-OH is 2. The van der Waals surface area contributed by atoms with Gasteiger partial charge in [-0.15, -0.1) is 0 Å². The summed E-state index contributed by atoms with van der Waals surface area (Å²) in [4.78, 5) is 14.0. The first-order valence-corrected chi connectivity index (χ1v) is 15.1. The quantitative estimate of drug-likeness (QED) is 0.0882. The minimum atomic E-state index is 0.0666. The molecule has 0 saturated heterocycles. The number of aliphatic hydroxyl groups is 2. The van der Waals surface area contributed by atoms with Gasteiger partial charge >= 0.3 is 0 Å². The molecule has 0 atom stereocenters. The summed E-state index contributed by atoms with van der Waals surface area (Å²) < 4.78 is 0. The molecule has 9 heteroatoms. The Balaban J connectivity index is 1.28. The molecule has 0 radical (unpaired) electrons. The van der Waals surface area contributed by atoms with E-state index in [0.29, 0.717) is 25.5 Å². The molecule has 6 rings (SSSR count). The first kappa shape index (κ1) is 30.0. The molecule has 0 saturated carbocycles. The largest absolute Gasteiger partial charge is 0.395 e. The van der Waals surface area contributed by atoms with Crippen LogP contribution in [0.2, 0.25) is 0 Å². The summed E-state index contributed by atoms with van der Waals surface area (Å²) in [6.07, 6.45) is 5.44. The predicted octanol–water partition coefficient (Wildman–Crippen LogP) is 6.44. The van der Waals surface area contributed by atoms with Gasteiger partial charge in [-0.3, -0.25) is 9.97 Å². The van der Waals surface area contributed by atoms with E-state index in [9.17, 15) is 0 Å². The lowest BCUT2D eigenvalue weighted by Crippen LogP contribution is -2.17. The molecule has 3 heterocycles. The Kier molecular flexibility index (Phi) is 9.11. The Morgan fingerprint density at radius 1 is 0.644 bits per heavy atom. The highest BCUT2D eigenvalue weighted by Crippen LogP contribution is 2.37. The Morgan fingerprint density at radius 2 is 1.31 bits per heavy atom. The number of rotatable bonds is 12. The number of para-hydroxylation sites is 1. The molecule has 0 aliphatic heterocycles. The van der Waals surface area contributed by atoms with Crippen LogP contribution in [0.5, 0.6) is 0 Å². The van der Waals surface area contributed by atoms with Gasteiger partial charge in [-0.1, -0.05) is 36.4 Å². The fourth-order valence-electron chi connectivity index (χ4n) is 5.56. The second-order valence-corrected chi connectivity index (χ2v) is 10.9. The summed E-state index contributed by atoms with van der Waals surface area (Å²) >= 11 is 0. The molecule has 45 heavy (non-hydrogen) atoms. The fourth-order valence-corrected chi connectivity index (χ4v) is 5.56. The average Bonchev–Trinajstić information content (AvgIpc) is 3.06. The summed E-state index contributed by atoms with van der Waals surface area (Å²) in [5.74, 6) is 0.702. The highest BCUT2D eigenvalue weighted by molar-refractivity contribution is 5.95. The monoisotopic (exact) mass is 599 g/mol. The average molecular weight is 600 g/mol. The van der Waals surface area contributed by atoms with Crippen molar-refractivity contribution >= 4 is 50.4 Å². The maximum Gasteiger partial charge on any atom is 0.156 e. The standard InChI is InChI=1S/C36H37N7O2/c1-23-29(7-4-9-31(23)42-33-11-3-6-26-19-28(38-15-17-45)22-41-34(26)33)30-8-5-10-32(24(30)2)43-36-35-27(12-13-39-36)18-25(21-40-35)20-37-14-16-44/h3-13,18-19,21-22,37-38,42,44-45H,14-17,20H2,1-2H3,(H,39,43). The molecule has 0 fully saturated rings. The maximum absolute atomic E-state index is 9.14. The number of anilines is 5. The van der Waals surface area contributed by atoms with E-state index in [1.54, 1.807) is 12.4 Å². The molecule has 3 aromatic carbocycles. The van der Waals surface area contributed by atoms with Gasteiger partial charge in [-0.25, -0.2) is 4.98 Å². The molecule has 0 spiro atoms. The molecular formula is C36H37N7O2. The zero-order chi connectivity index (χ0) is 31.2. The van der Waals surface area contributed by atoms with E-state index in [2.05, 4.69) is 82.6 Å². The number of hydrogen-bond acceptors (Lipinski definition) is 9. The van der Waals surface area contributed by atoms with Gasteiger partial charge in [-0.2, -0.15) is 0 Å². The molecule has 228 valence electrons. The van der Waals surface area contributed by atoms with Crippen molar-refractivity contribution in [2.45, 2.75) is 20.4 Å². The van der Waals surface area contributed by atoms with Crippen LogP contribution < -0.4 is 21.3 Å². The zero-order valence-electron chi connectivity index (χ0n) is 25.4. The van der Waals surface area contributed by atoms with Crippen molar-refractivity contribution in [3.8, 4) is 11.1 Å². The lowest BCUT2D eigenvalue weighted by Gasteiger charge is -2.18. The van der Waals surface area contributed by atoms with Crippen LogP contribution >= 0.6 is 0 Å². The number of nitrogens with one attached hydrogen (secondary N) is 4. The minimum Gasteiger partial charge on any atom is -0.395 e. The van der Waals surface area contributed by atoms with Gasteiger partial charge in [0, 0.05) is 54.2 Å². The van der Waals surface area contributed by atoms with Gasteiger partial charge in [0.1, 0.15) is 5.52 Å². The third-order valence-electron chi connectivity index (χ3n) is 7.91. The zero-order valence-corrected chi connectivity index (χ0v) is 25.4. The topological polar surface area (TPSA) is 127 Å². The number of benzene rings is 3. The summed E-state index contributed by atoms with van der Waals surface area (Å²) in [6.45, 7) is 6.09. The fraction of sp³-hybridized carbons (Fsp3) is 0.194. The smallest absolute Gasteiger partial charge is 0.156 e. The van der Waals surface area contributed by atoms with Crippen molar-refractivity contribution in [3.05, 3.63) is 108 Å². The van der Waals surface area contributed by atoms with Crippen LogP contribution in [0.25, 0.3) is 32.9 Å². The first-order valence-electron chi connectivity index (χ1n) is 15.1. The minimum absolute atomic E-state index is 0.0666. The number of fused-ring (bicyclic) bond motifs is 2. The van der Waals surface area contributed by atoms with Gasteiger partial charge < -0.3 is 31.5 Å². The molecule has 6 aromatic rings. The second kappa shape index (κ2) is 13.7. The van der Waals surface area contributed by atoms with Crippen LogP contribution in [-0.4, -0.2) is 51.5 Å². The van der Waals surface area contributed by atoms with Crippen molar-refractivity contribution in [3.63, 3.8) is 0 Å². The van der Waals surface area contributed by atoms with E-state index < -0.39 is 0 Å². The first-order chi connectivity index (χ1) is 22.1. The molecule has 0 aliphatic rings. The van der Waals surface area contributed by atoms with Crippen molar-refractivity contribution in [1.82, 2.24) is 20.3 Å². The molecule has 0 bridgehead atoms. The number of aromatic nitrogens is 3. The molecule has 3 aromatic heterocycles. The molecular weight excluding hydrogens is 562 g/mol. The van der Waals surface area contributed by atoms with E-state index in [0.717, 1.165) is 72.4 Å². The normalized spacial score (nSPS) is 11.2. The van der Waals surface area contributed by atoms with E-state index in [1.165, 1.54) is 0 Å². The molecule has 9 nitrogen and oxygen atoms in total. The summed E-state index contributed by atoms with van der Waals surface area (Å²) in [5, 5.41) is 33.8. The molecule has 0 aliphatic carbocycles. The van der Waals surface area contributed by atoms with Crippen LogP contribution in [-0.2, 0) is 6.54 Å². The van der Waals surface area contributed by atoms with Crippen molar-refractivity contribution in [2.24, 2.45) is 0 Å². The number of pyridine rings is 3. The van der Waals surface area contributed by atoms with Crippen LogP contribution in [0, 0.1) is 13.8 Å². The van der Waals surface area contributed by atoms with E-state index in [1.807, 2.05) is 36.5 Å². The van der Waals surface area contributed by atoms with Crippen LogP contribution in [0.1, 0.15) is 16.7 Å². The van der Waals surface area contributed by atoms with Gasteiger partial charge in [0.05, 0.1) is 36.3 Å². The van der Waals surface area contributed by atoms with Gasteiger partial charge in [0.15, 0.2) is 5.82 Å². The Bertz CT molecular complexity index is 1960. The Labute approximate surface area is 262 Å². The number of nitrogens with zero attached hydrogens (tertiary/aromatic N) is 3. The maximum atomic E-state index is 9.14. The molecule has 0 amide bonds. The van der Waals surface area contributed by atoms with Gasteiger partial charge in [0.25, 0.3) is 0 Å². The van der Waals surface area contributed by atoms with Crippen LogP contribution in [0.15, 0.2) is 91.4 Å². The third kappa shape index (κ3) is 6.56. The van der Waals surface area contributed by atoms with Crippen molar-refractivity contribution in [1.29, 1.82) is 0 Å². The lowest BCUT2D eigenvalue weighted by atomic mass is 9.94. The third-order valence-corrected chi connectivity index (χ3v) is 7.91. The van der Waals surface area contributed by atoms with E-state index in [-0.39, 0.29) is 13.2 Å². The highest BCUT2D eigenvalue weighted by atomic mass is 16.3. The van der Waals surface area contributed by atoms with E-state index >= 15 is 0 Å². The summed E-state index contributed by atoms with van der Waals surface area (Å²) in [7, 11) is 0. The molecule has 6 N–H and O–H groups in total. The lowest BCUT2D eigenvalue weighted by molar-refractivity contribution is 0.292. The Morgan fingerprint density at radius 3 is 2.07 bits per heavy atom. The van der Waals surface area contributed by atoms with E-state index in [4.69, 9.17) is 20.2 Å². The molecule has 0 unspecified atom stereocenters. The van der Waals surface area contributed by atoms with Crippen molar-refractivity contribution < 1.29 is 10.2 Å². The van der Waals surface area contributed by atoms with Gasteiger partial charge in [0.2, 0.25) is 0 Å². The summed E-state index contributed by atoms with van der Waals surface area (Å²) in [6, 6.07) is 24.8. The SMILES string of the molecule is Cc1c(Nc2cccc3cc(NCCO)cnc23)cccc1-c1cccc(Nc2nccc3cc(CNCCO)cnc23)c1C. The Hall–Kier alpha value is -5.09. The van der Waals surface area contributed by atoms with Crippen LogP contribution in [0.3, 0.4) is 0 Å². The summed E-state index contributed by atoms with van der Waals surface area (Å²) in [5.41, 5.74) is 11.0. The predicted molar refractivity (Wildman–Crippen MR) is 184 cm³/mol. The van der Waals surface area contributed by atoms with Crippen LogP contribution in [0.4, 0.5) is 28.6 Å². The number of hydrogen-bond donors (Lipinski definition) is 6. The second-order valence-electron chi connectivity index (χ2n) is 10.9. The van der Waals surface area contributed by atoms with Crippen molar-refractivity contribution in [2.75, 3.05) is 42.3 Å².